The molecule has 0 bridgehead atoms. The molecule has 0 aromatic carbocycles. The zero-order valence-corrected chi connectivity index (χ0v) is 9.43. The Kier molecular flexibility index (Phi) is 3.92. The molecule has 0 radical (unpaired) electrons. The fourth-order valence-corrected chi connectivity index (χ4v) is 1.99. The Balaban J connectivity index is 2.65. The molecule has 74 valence electrons. The van der Waals surface area contributed by atoms with Crippen LogP contribution >= 0.6 is 27.3 Å². The Morgan fingerprint density at radius 3 is 3.07 bits per heavy atom. The molecule has 0 saturated carbocycles. The topological polar surface area (TPSA) is 62.2 Å². The molecule has 0 spiro atoms. The van der Waals surface area contributed by atoms with Gasteiger partial charge in [0.1, 0.15) is 10.6 Å². The first-order chi connectivity index (χ1) is 6.63. The minimum absolute atomic E-state index is 0.131. The van der Waals surface area contributed by atoms with Gasteiger partial charge in [-0.05, 0) is 15.9 Å². The third-order valence-electron chi connectivity index (χ3n) is 1.39. The lowest BCUT2D eigenvalue weighted by molar-refractivity contribution is -0.137. The van der Waals surface area contributed by atoms with Crippen molar-refractivity contribution in [3.63, 3.8) is 0 Å². The van der Waals surface area contributed by atoms with Crippen LogP contribution in [0.25, 0.3) is 0 Å². The number of carboxylic acid groups (broad SMARTS) is 1. The summed E-state index contributed by atoms with van der Waals surface area (Å²) in [5, 5.41) is 13.8. The number of aliphatic carboxylic acids is 1. The Hall–Kier alpha value is -1.06. The summed E-state index contributed by atoms with van der Waals surface area (Å²) in [5.41, 5.74) is 0. The summed E-state index contributed by atoms with van der Waals surface area (Å²) in [6.45, 7) is 0. The van der Waals surface area contributed by atoms with Gasteiger partial charge in [0.25, 0.3) is 0 Å². The van der Waals surface area contributed by atoms with Crippen molar-refractivity contribution in [1.29, 1.82) is 0 Å². The van der Waals surface area contributed by atoms with Gasteiger partial charge in [-0.25, -0.2) is 9.78 Å². The Morgan fingerprint density at radius 1 is 1.93 bits per heavy atom. The minimum Gasteiger partial charge on any atom is -0.480 e. The summed E-state index contributed by atoms with van der Waals surface area (Å²) >= 11 is 4.49. The highest BCUT2D eigenvalue weighted by Crippen LogP contribution is 2.20. The highest BCUT2D eigenvalue weighted by Gasteiger charge is 2.16. The number of nitrogens with zero attached hydrogens (tertiary/aromatic N) is 1. The molecule has 1 rings (SSSR count). The van der Waals surface area contributed by atoms with E-state index in [0.29, 0.717) is 9.73 Å². The van der Waals surface area contributed by atoms with Gasteiger partial charge in [0.05, 0.1) is 0 Å². The maximum atomic E-state index is 10.7. The van der Waals surface area contributed by atoms with Gasteiger partial charge in [0, 0.05) is 11.8 Å². The van der Waals surface area contributed by atoms with E-state index in [-0.39, 0.29) is 6.42 Å². The quantitative estimate of drug-likeness (QED) is 0.822. The molecule has 1 atom stereocenters. The number of nitrogens with one attached hydrogen (secondary N) is 1. The molecule has 0 aliphatic heterocycles. The molecule has 0 amide bonds. The van der Waals surface area contributed by atoms with Gasteiger partial charge in [-0.15, -0.1) is 23.7 Å². The molecule has 0 aliphatic carbocycles. The van der Waals surface area contributed by atoms with E-state index in [1.807, 2.05) is 0 Å². The number of aromatic nitrogens is 1. The number of rotatable bonds is 4. The molecule has 1 heterocycles. The van der Waals surface area contributed by atoms with Crippen molar-refractivity contribution in [3.05, 3.63) is 9.98 Å². The lowest BCUT2D eigenvalue weighted by Gasteiger charge is -2.09. The molecule has 1 unspecified atom stereocenters. The first-order valence-corrected chi connectivity index (χ1v) is 5.34. The van der Waals surface area contributed by atoms with Crippen molar-refractivity contribution < 1.29 is 9.90 Å². The van der Waals surface area contributed by atoms with E-state index in [1.54, 1.807) is 5.38 Å². The van der Waals surface area contributed by atoms with Crippen molar-refractivity contribution in [1.82, 2.24) is 4.98 Å². The normalized spacial score (nSPS) is 11.7. The molecule has 6 heteroatoms. The molecule has 4 nitrogen and oxygen atoms in total. The fraction of sp³-hybridized carbons (Fsp3) is 0.250. The number of hydrogen-bond donors (Lipinski definition) is 2. The first-order valence-electron chi connectivity index (χ1n) is 3.67. The monoisotopic (exact) mass is 274 g/mol. The number of thiazole rings is 1. The number of terminal acetylenes is 1. The number of carboxylic acids is 1. The lowest BCUT2D eigenvalue weighted by Crippen LogP contribution is -2.28. The summed E-state index contributed by atoms with van der Waals surface area (Å²) in [6, 6.07) is -0.780. The Labute approximate surface area is 93.5 Å². The van der Waals surface area contributed by atoms with Crippen LogP contribution in [0.5, 0.6) is 0 Å². The van der Waals surface area contributed by atoms with Crippen molar-refractivity contribution in [2.24, 2.45) is 0 Å². The van der Waals surface area contributed by atoms with E-state index in [1.165, 1.54) is 11.3 Å². The third kappa shape index (κ3) is 3.01. The van der Waals surface area contributed by atoms with Crippen LogP contribution in [-0.2, 0) is 4.79 Å². The predicted molar refractivity (Wildman–Crippen MR) is 58.3 cm³/mol. The van der Waals surface area contributed by atoms with Crippen molar-refractivity contribution >= 4 is 38.4 Å². The molecule has 0 saturated heterocycles. The van der Waals surface area contributed by atoms with Gasteiger partial charge >= 0.3 is 5.97 Å². The van der Waals surface area contributed by atoms with Crippen LogP contribution in [0.3, 0.4) is 0 Å². The number of halogens is 1. The lowest BCUT2D eigenvalue weighted by atomic mass is 10.2. The van der Waals surface area contributed by atoms with Crippen LogP contribution < -0.4 is 5.32 Å². The minimum atomic E-state index is -0.978. The van der Waals surface area contributed by atoms with Gasteiger partial charge in [-0.2, -0.15) is 0 Å². The predicted octanol–water partition coefficient (Wildman–Crippen LogP) is 1.79. The van der Waals surface area contributed by atoms with E-state index >= 15 is 0 Å². The van der Waals surface area contributed by atoms with Crippen LogP contribution in [0, 0.1) is 12.3 Å². The van der Waals surface area contributed by atoms with E-state index < -0.39 is 12.0 Å². The van der Waals surface area contributed by atoms with Gasteiger partial charge in [0.2, 0.25) is 0 Å². The van der Waals surface area contributed by atoms with Gasteiger partial charge in [0.15, 0.2) is 5.13 Å². The summed E-state index contributed by atoms with van der Waals surface area (Å²) < 4.78 is 0.676. The van der Waals surface area contributed by atoms with Gasteiger partial charge < -0.3 is 10.4 Å². The number of hydrogen-bond acceptors (Lipinski definition) is 4. The summed E-state index contributed by atoms with van der Waals surface area (Å²) in [6.07, 6.45) is 5.18. The number of carbonyl (C=O) groups is 1. The average Bonchev–Trinajstić information content (AvgIpc) is 2.50. The number of anilines is 1. The van der Waals surface area contributed by atoms with Crippen LogP contribution in [0.1, 0.15) is 6.42 Å². The Morgan fingerprint density at radius 2 is 2.64 bits per heavy atom. The standard InChI is InChI=1S/C8H7BrN2O2S/c1-2-3-5(7(12)13)10-8-11-6(9)4-14-8/h1,4-5H,3H2,(H,10,11)(H,12,13). The second kappa shape index (κ2) is 4.98. The Bertz CT molecular complexity index is 372. The van der Waals surface area contributed by atoms with E-state index in [4.69, 9.17) is 11.5 Å². The van der Waals surface area contributed by atoms with Crippen molar-refractivity contribution in [3.8, 4) is 12.3 Å². The second-order valence-corrected chi connectivity index (χ2v) is 4.09. The highest BCUT2D eigenvalue weighted by atomic mass is 79.9. The van der Waals surface area contributed by atoms with Crippen molar-refractivity contribution in [2.75, 3.05) is 5.32 Å². The molecule has 2 N–H and O–H groups in total. The summed E-state index contributed by atoms with van der Waals surface area (Å²) in [7, 11) is 0. The van der Waals surface area contributed by atoms with E-state index in [9.17, 15) is 4.79 Å². The second-order valence-electron chi connectivity index (χ2n) is 2.42. The first kappa shape index (κ1) is 11.0. The maximum Gasteiger partial charge on any atom is 0.327 e. The molecule has 1 aromatic rings. The highest BCUT2D eigenvalue weighted by molar-refractivity contribution is 9.10. The molecular weight excluding hydrogens is 268 g/mol. The molecular formula is C8H7BrN2O2S. The molecule has 0 fully saturated rings. The zero-order valence-electron chi connectivity index (χ0n) is 7.03. The van der Waals surface area contributed by atoms with Crippen LogP contribution in [0.15, 0.2) is 9.98 Å². The molecule has 1 aromatic heterocycles. The van der Waals surface area contributed by atoms with Gasteiger partial charge in [-0.1, -0.05) is 0 Å². The van der Waals surface area contributed by atoms with Crippen molar-refractivity contribution in [2.45, 2.75) is 12.5 Å². The largest absolute Gasteiger partial charge is 0.480 e. The fourth-order valence-electron chi connectivity index (χ4n) is 0.787. The third-order valence-corrected chi connectivity index (χ3v) is 2.88. The molecule has 14 heavy (non-hydrogen) atoms. The average molecular weight is 275 g/mol. The summed E-state index contributed by atoms with van der Waals surface area (Å²) in [4.78, 5) is 14.7. The van der Waals surface area contributed by atoms with E-state index in [2.05, 4.69) is 32.2 Å². The van der Waals surface area contributed by atoms with Crippen LogP contribution in [0.2, 0.25) is 0 Å². The zero-order chi connectivity index (χ0) is 10.6. The van der Waals surface area contributed by atoms with Crippen LogP contribution in [-0.4, -0.2) is 22.1 Å². The van der Waals surface area contributed by atoms with Crippen LogP contribution in [0.4, 0.5) is 5.13 Å². The SMILES string of the molecule is C#CCC(Nc1nc(Br)cs1)C(=O)O. The maximum absolute atomic E-state index is 10.7. The van der Waals surface area contributed by atoms with Gasteiger partial charge in [-0.3, -0.25) is 0 Å². The molecule has 0 aliphatic rings. The van der Waals surface area contributed by atoms with E-state index in [0.717, 1.165) is 0 Å². The smallest absolute Gasteiger partial charge is 0.327 e. The summed E-state index contributed by atoms with van der Waals surface area (Å²) in [5.74, 6) is 1.32.